The highest BCUT2D eigenvalue weighted by Gasteiger charge is 2.11. The summed E-state index contributed by atoms with van der Waals surface area (Å²) in [6.07, 6.45) is 0. The Kier molecular flexibility index (Phi) is 3.83. The van der Waals surface area contributed by atoms with Crippen molar-refractivity contribution in [2.75, 3.05) is 11.5 Å². The molecule has 0 unspecified atom stereocenters. The van der Waals surface area contributed by atoms with E-state index in [0.29, 0.717) is 17.1 Å². The lowest BCUT2D eigenvalue weighted by molar-refractivity contribution is 1.23. The lowest BCUT2D eigenvalue weighted by atomic mass is 10.0. The highest BCUT2D eigenvalue weighted by Crippen LogP contribution is 2.39. The molecule has 0 aliphatic rings. The van der Waals surface area contributed by atoms with Gasteiger partial charge in [-0.25, -0.2) is 0 Å². The number of hydrogen-bond donors (Lipinski definition) is 2. The van der Waals surface area contributed by atoms with Gasteiger partial charge in [-0.05, 0) is 29.8 Å². The molecule has 0 saturated heterocycles. The van der Waals surface area contributed by atoms with Gasteiger partial charge in [-0.1, -0.05) is 48.5 Å². The highest BCUT2D eigenvalue weighted by atomic mass is 15.1. The molecule has 4 N–H and O–H groups in total. The van der Waals surface area contributed by atoms with Gasteiger partial charge in [0.25, 0.3) is 0 Å². The number of hydrogen-bond acceptors (Lipinski definition) is 4. The van der Waals surface area contributed by atoms with Crippen molar-refractivity contribution < 1.29 is 0 Å². The summed E-state index contributed by atoms with van der Waals surface area (Å²) in [4.78, 5) is 0. The molecule has 108 valence electrons. The Balaban J connectivity index is 2.09. The van der Waals surface area contributed by atoms with Crippen molar-refractivity contribution in [1.29, 1.82) is 0 Å². The Morgan fingerprint density at radius 2 is 1.27 bits per heavy atom. The molecule has 0 fully saturated rings. The second-order valence-electron chi connectivity index (χ2n) is 4.86. The third kappa shape index (κ3) is 2.81. The molecular formula is C18H16N4. The zero-order valence-electron chi connectivity index (χ0n) is 12.0. The van der Waals surface area contributed by atoms with Crippen molar-refractivity contribution >= 4 is 22.7 Å². The number of nitrogens with two attached hydrogens (primary N) is 2. The van der Waals surface area contributed by atoms with Crippen molar-refractivity contribution in [3.8, 4) is 11.1 Å². The summed E-state index contributed by atoms with van der Waals surface area (Å²) in [5.74, 6) is 0. The van der Waals surface area contributed by atoms with Gasteiger partial charge in [0.2, 0.25) is 0 Å². The summed E-state index contributed by atoms with van der Waals surface area (Å²) >= 11 is 0. The van der Waals surface area contributed by atoms with Gasteiger partial charge in [0.05, 0.1) is 22.7 Å². The zero-order valence-corrected chi connectivity index (χ0v) is 12.0. The quantitative estimate of drug-likeness (QED) is 0.529. The first kappa shape index (κ1) is 13.8. The molecule has 0 bridgehead atoms. The van der Waals surface area contributed by atoms with Crippen LogP contribution in [0.5, 0.6) is 0 Å². The number of nitrogens with zero attached hydrogens (tertiary/aromatic N) is 2. The Labute approximate surface area is 129 Å². The van der Waals surface area contributed by atoms with Gasteiger partial charge >= 0.3 is 0 Å². The minimum atomic E-state index is 0.524. The molecule has 0 radical (unpaired) electrons. The van der Waals surface area contributed by atoms with E-state index >= 15 is 0 Å². The molecule has 0 spiro atoms. The molecule has 22 heavy (non-hydrogen) atoms. The van der Waals surface area contributed by atoms with Gasteiger partial charge in [0.15, 0.2) is 0 Å². The first-order valence-electron chi connectivity index (χ1n) is 6.96. The van der Waals surface area contributed by atoms with Gasteiger partial charge in [0, 0.05) is 5.56 Å². The summed E-state index contributed by atoms with van der Waals surface area (Å²) in [5, 5.41) is 8.61. The molecule has 0 saturated carbocycles. The molecule has 0 aromatic heterocycles. The summed E-state index contributed by atoms with van der Waals surface area (Å²) < 4.78 is 0. The van der Waals surface area contributed by atoms with Gasteiger partial charge < -0.3 is 11.5 Å². The van der Waals surface area contributed by atoms with Crippen LogP contribution >= 0.6 is 0 Å². The van der Waals surface area contributed by atoms with Crippen LogP contribution in [0, 0.1) is 0 Å². The lowest BCUT2D eigenvalue weighted by Crippen LogP contribution is -1.97. The van der Waals surface area contributed by atoms with Crippen molar-refractivity contribution in [2.24, 2.45) is 10.2 Å². The molecule has 0 aliphatic carbocycles. The maximum absolute atomic E-state index is 6.16. The van der Waals surface area contributed by atoms with Gasteiger partial charge in [0.1, 0.15) is 0 Å². The van der Waals surface area contributed by atoms with E-state index in [9.17, 15) is 0 Å². The SMILES string of the molecule is Nc1ccc(N=Nc2ccccc2)c(-c2ccccc2)c1N. The molecule has 4 nitrogen and oxygen atoms in total. The van der Waals surface area contributed by atoms with Crippen LogP contribution in [0.4, 0.5) is 22.7 Å². The number of anilines is 2. The average molecular weight is 288 g/mol. The van der Waals surface area contributed by atoms with Crippen LogP contribution in [-0.4, -0.2) is 0 Å². The van der Waals surface area contributed by atoms with E-state index in [1.54, 1.807) is 6.07 Å². The monoisotopic (exact) mass is 288 g/mol. The lowest BCUT2D eigenvalue weighted by Gasteiger charge is -2.11. The predicted octanol–water partition coefficient (Wildman–Crippen LogP) is 4.93. The zero-order chi connectivity index (χ0) is 15.4. The van der Waals surface area contributed by atoms with Gasteiger partial charge in [-0.3, -0.25) is 0 Å². The molecule has 4 heteroatoms. The van der Waals surface area contributed by atoms with Crippen LogP contribution in [0.3, 0.4) is 0 Å². The van der Waals surface area contributed by atoms with Gasteiger partial charge in [-0.15, -0.1) is 5.11 Å². The van der Waals surface area contributed by atoms with E-state index in [1.807, 2.05) is 66.7 Å². The molecule has 0 atom stereocenters. The van der Waals surface area contributed by atoms with Crippen LogP contribution in [-0.2, 0) is 0 Å². The molecule has 3 aromatic carbocycles. The fourth-order valence-electron chi connectivity index (χ4n) is 2.22. The van der Waals surface area contributed by atoms with Gasteiger partial charge in [-0.2, -0.15) is 5.11 Å². The number of benzene rings is 3. The van der Waals surface area contributed by atoms with Crippen LogP contribution in [0.25, 0.3) is 11.1 Å². The maximum atomic E-state index is 6.16. The standard InChI is InChI=1S/C18H16N4/c19-15-11-12-16(22-21-14-9-5-2-6-10-14)17(18(15)20)13-7-3-1-4-8-13/h1-12H,19-20H2. The minimum absolute atomic E-state index is 0.524. The Bertz CT molecular complexity index is 796. The third-order valence-electron chi connectivity index (χ3n) is 3.35. The van der Waals surface area contributed by atoms with E-state index in [-0.39, 0.29) is 0 Å². The van der Waals surface area contributed by atoms with Crippen LogP contribution < -0.4 is 11.5 Å². The van der Waals surface area contributed by atoms with E-state index in [2.05, 4.69) is 10.2 Å². The maximum Gasteiger partial charge on any atom is 0.0957 e. The van der Waals surface area contributed by atoms with Crippen LogP contribution in [0.2, 0.25) is 0 Å². The summed E-state index contributed by atoms with van der Waals surface area (Å²) in [7, 11) is 0. The molecule has 0 amide bonds. The fraction of sp³-hybridized carbons (Fsp3) is 0. The Morgan fingerprint density at radius 1 is 0.636 bits per heavy atom. The first-order valence-corrected chi connectivity index (χ1v) is 6.96. The molecule has 3 aromatic rings. The number of nitrogen functional groups attached to an aromatic ring is 2. The molecule has 0 heterocycles. The van der Waals surface area contributed by atoms with Crippen molar-refractivity contribution in [3.05, 3.63) is 72.8 Å². The fourth-order valence-corrected chi connectivity index (χ4v) is 2.22. The molecule has 0 aliphatic heterocycles. The summed E-state index contributed by atoms with van der Waals surface area (Å²) in [6, 6.07) is 23.0. The largest absolute Gasteiger partial charge is 0.397 e. The smallest absolute Gasteiger partial charge is 0.0957 e. The average Bonchev–Trinajstić information content (AvgIpc) is 2.57. The number of rotatable bonds is 3. The summed E-state index contributed by atoms with van der Waals surface area (Å²) in [6.45, 7) is 0. The highest BCUT2D eigenvalue weighted by molar-refractivity contribution is 5.92. The number of azo groups is 1. The Morgan fingerprint density at radius 3 is 1.95 bits per heavy atom. The van der Waals surface area contributed by atoms with Crippen LogP contribution in [0.15, 0.2) is 83.0 Å². The van der Waals surface area contributed by atoms with Crippen molar-refractivity contribution in [1.82, 2.24) is 0 Å². The topological polar surface area (TPSA) is 76.8 Å². The molecular weight excluding hydrogens is 272 g/mol. The third-order valence-corrected chi connectivity index (χ3v) is 3.35. The Hall–Kier alpha value is -3.14. The predicted molar refractivity (Wildman–Crippen MR) is 91.3 cm³/mol. The van der Waals surface area contributed by atoms with Crippen LogP contribution in [0.1, 0.15) is 0 Å². The summed E-state index contributed by atoms with van der Waals surface area (Å²) in [5.41, 5.74) is 16.4. The second-order valence-corrected chi connectivity index (χ2v) is 4.86. The minimum Gasteiger partial charge on any atom is -0.397 e. The normalized spacial score (nSPS) is 10.9. The van der Waals surface area contributed by atoms with E-state index in [0.717, 1.165) is 16.8 Å². The van der Waals surface area contributed by atoms with E-state index in [4.69, 9.17) is 11.5 Å². The van der Waals surface area contributed by atoms with E-state index in [1.165, 1.54) is 0 Å². The first-order chi connectivity index (χ1) is 10.8. The second kappa shape index (κ2) is 6.10. The van der Waals surface area contributed by atoms with E-state index < -0.39 is 0 Å². The van der Waals surface area contributed by atoms with Crippen molar-refractivity contribution in [3.63, 3.8) is 0 Å². The molecule has 3 rings (SSSR count). The van der Waals surface area contributed by atoms with Crippen molar-refractivity contribution in [2.45, 2.75) is 0 Å².